The van der Waals surface area contributed by atoms with Crippen LogP contribution < -0.4 is 14.8 Å². The summed E-state index contributed by atoms with van der Waals surface area (Å²) in [5.41, 5.74) is -1.94. The number of carboxylic acids is 1. The highest BCUT2D eigenvalue weighted by Crippen LogP contribution is 2.32. The summed E-state index contributed by atoms with van der Waals surface area (Å²) in [4.78, 5) is 50.8. The lowest BCUT2D eigenvalue weighted by Crippen LogP contribution is -2.59. The second-order valence-corrected chi connectivity index (χ2v) is 12.1. The van der Waals surface area contributed by atoms with E-state index in [1.54, 1.807) is 20.8 Å². The summed E-state index contributed by atoms with van der Waals surface area (Å²) in [7, 11) is 0. The maximum atomic E-state index is 12.9. The van der Waals surface area contributed by atoms with Crippen LogP contribution in [0.4, 0.5) is 14.4 Å². The third-order valence-electron chi connectivity index (χ3n) is 7.80. The molecule has 3 unspecified atom stereocenters. The lowest BCUT2D eigenvalue weighted by molar-refractivity contribution is -0.168. The number of hydrogen-bond acceptors (Lipinski definition) is 11. The van der Waals surface area contributed by atoms with Gasteiger partial charge in [-0.1, -0.05) is 47.1 Å². The zero-order chi connectivity index (χ0) is 33.0. The third kappa shape index (κ3) is 11.5. The Bertz CT molecular complexity index is 1120. The van der Waals surface area contributed by atoms with Crippen LogP contribution in [-0.4, -0.2) is 59.6 Å². The van der Waals surface area contributed by atoms with Gasteiger partial charge >= 0.3 is 24.4 Å². The molecule has 1 aliphatic carbocycles. The molecule has 0 bridgehead atoms. The van der Waals surface area contributed by atoms with Gasteiger partial charge in [-0.05, 0) is 82.4 Å². The Morgan fingerprint density at radius 1 is 0.841 bits per heavy atom. The van der Waals surface area contributed by atoms with Crippen LogP contribution in [-0.2, 0) is 30.2 Å². The molecule has 2 rings (SSSR count). The van der Waals surface area contributed by atoms with Crippen LogP contribution in [0.15, 0.2) is 18.2 Å². The normalized spacial score (nSPS) is 17.1. The molecule has 0 aliphatic heterocycles. The lowest BCUT2D eigenvalue weighted by atomic mass is 9.98. The molecule has 0 amide bonds. The molecule has 0 spiro atoms. The summed E-state index contributed by atoms with van der Waals surface area (Å²) in [5, 5.41) is 13.3. The fourth-order valence-corrected chi connectivity index (χ4v) is 4.20. The molecular formula is C32H49NO11. The number of carbonyl (C=O) groups is 4. The van der Waals surface area contributed by atoms with Gasteiger partial charge in [0.1, 0.15) is 18.3 Å². The number of hydrogen-bond donors (Lipinski definition) is 2. The standard InChI is InChI=1S/C32H49NO11/c1-9-21(6)33-32(28(34)35,44-31(38)41-25-13-11-10-12-14-25)18-24-15-16-26(42-29(36)39-22(7)19(2)3)27(17-24)43-30(37)40-23(8)20(4)5/h15-17,19-23,25,33H,9-14,18H2,1-8H3,(H,34,35)/t21?,22?,23?,32-/m0/s1. The molecule has 0 radical (unpaired) electrons. The van der Waals surface area contributed by atoms with E-state index in [1.807, 2.05) is 34.6 Å². The Balaban J connectivity index is 2.42. The Kier molecular flexibility index (Phi) is 14.2. The van der Waals surface area contributed by atoms with Crippen molar-refractivity contribution in [2.45, 2.75) is 130 Å². The molecule has 1 aliphatic rings. The first kappa shape index (κ1) is 36.7. The van der Waals surface area contributed by atoms with E-state index in [-0.39, 0.29) is 47.5 Å². The molecule has 12 heteroatoms. The molecule has 248 valence electrons. The maximum absolute atomic E-state index is 12.9. The average molecular weight is 624 g/mol. The van der Waals surface area contributed by atoms with Crippen molar-refractivity contribution in [2.75, 3.05) is 0 Å². The number of nitrogens with one attached hydrogen (secondary N) is 1. The molecule has 0 heterocycles. The van der Waals surface area contributed by atoms with E-state index in [4.69, 9.17) is 28.4 Å². The second kappa shape index (κ2) is 17.1. The van der Waals surface area contributed by atoms with Crippen LogP contribution in [0.2, 0.25) is 0 Å². The van der Waals surface area contributed by atoms with Gasteiger partial charge in [0.15, 0.2) is 11.5 Å². The fourth-order valence-electron chi connectivity index (χ4n) is 4.20. The molecule has 1 fully saturated rings. The summed E-state index contributed by atoms with van der Waals surface area (Å²) in [6, 6.07) is 3.76. The minimum atomic E-state index is -2.22. The largest absolute Gasteiger partial charge is 0.514 e. The van der Waals surface area contributed by atoms with Gasteiger partial charge in [0, 0.05) is 12.5 Å². The molecule has 1 saturated carbocycles. The third-order valence-corrected chi connectivity index (χ3v) is 7.80. The van der Waals surface area contributed by atoms with Crippen LogP contribution in [0, 0.1) is 11.8 Å². The first-order valence-electron chi connectivity index (χ1n) is 15.5. The van der Waals surface area contributed by atoms with Crippen molar-refractivity contribution in [3.8, 4) is 11.5 Å². The highest BCUT2D eigenvalue weighted by molar-refractivity contribution is 5.80. The molecule has 44 heavy (non-hydrogen) atoms. The van der Waals surface area contributed by atoms with Gasteiger partial charge in [-0.15, -0.1) is 0 Å². The molecule has 2 N–H and O–H groups in total. The zero-order valence-electron chi connectivity index (χ0n) is 27.2. The van der Waals surface area contributed by atoms with Crippen molar-refractivity contribution >= 4 is 24.4 Å². The summed E-state index contributed by atoms with van der Waals surface area (Å²) >= 11 is 0. The quantitative estimate of drug-likeness (QED) is 0.0948. The number of benzene rings is 1. The van der Waals surface area contributed by atoms with Gasteiger partial charge in [0.05, 0.1) is 0 Å². The first-order valence-corrected chi connectivity index (χ1v) is 15.5. The van der Waals surface area contributed by atoms with E-state index < -0.39 is 42.4 Å². The molecule has 1 aromatic carbocycles. The van der Waals surface area contributed by atoms with E-state index in [9.17, 15) is 24.3 Å². The Morgan fingerprint density at radius 2 is 1.39 bits per heavy atom. The number of ether oxygens (including phenoxy) is 6. The number of rotatable bonds is 14. The van der Waals surface area contributed by atoms with Gasteiger partial charge in [-0.2, -0.15) is 0 Å². The zero-order valence-corrected chi connectivity index (χ0v) is 27.2. The molecule has 0 aromatic heterocycles. The monoisotopic (exact) mass is 623 g/mol. The van der Waals surface area contributed by atoms with Gasteiger partial charge < -0.3 is 33.5 Å². The molecular weight excluding hydrogens is 574 g/mol. The van der Waals surface area contributed by atoms with E-state index >= 15 is 0 Å². The smallest absolute Gasteiger partial charge is 0.477 e. The highest BCUT2D eigenvalue weighted by Gasteiger charge is 2.45. The number of carbonyl (C=O) groups excluding carboxylic acids is 3. The summed E-state index contributed by atoms with van der Waals surface area (Å²) in [6.07, 6.45) is -0.0490. The van der Waals surface area contributed by atoms with Crippen molar-refractivity contribution < 1.29 is 52.7 Å². The van der Waals surface area contributed by atoms with Crippen molar-refractivity contribution in [3.05, 3.63) is 23.8 Å². The van der Waals surface area contributed by atoms with Crippen LogP contribution in [0.3, 0.4) is 0 Å². The second-order valence-electron chi connectivity index (χ2n) is 12.1. The number of carboxylic acid groups (broad SMARTS) is 1. The van der Waals surface area contributed by atoms with Crippen molar-refractivity contribution in [2.24, 2.45) is 11.8 Å². The van der Waals surface area contributed by atoms with Crippen molar-refractivity contribution in [1.29, 1.82) is 0 Å². The summed E-state index contributed by atoms with van der Waals surface area (Å²) in [5.74, 6) is -1.79. The Labute approximate surface area is 260 Å². The lowest BCUT2D eigenvalue weighted by Gasteiger charge is -2.33. The number of aliphatic carboxylic acids is 1. The van der Waals surface area contributed by atoms with E-state index in [0.29, 0.717) is 19.3 Å². The van der Waals surface area contributed by atoms with E-state index in [0.717, 1.165) is 19.3 Å². The topological polar surface area (TPSA) is 156 Å². The summed E-state index contributed by atoms with van der Waals surface area (Å²) < 4.78 is 32.4. The molecule has 4 atom stereocenters. The predicted molar refractivity (Wildman–Crippen MR) is 161 cm³/mol. The van der Waals surface area contributed by atoms with Gasteiger partial charge in [0.2, 0.25) is 0 Å². The van der Waals surface area contributed by atoms with Crippen LogP contribution in [0.1, 0.15) is 99.5 Å². The Hall–Kier alpha value is -3.54. The van der Waals surface area contributed by atoms with Crippen molar-refractivity contribution in [1.82, 2.24) is 5.32 Å². The van der Waals surface area contributed by atoms with Crippen LogP contribution in [0.25, 0.3) is 0 Å². The van der Waals surface area contributed by atoms with Crippen molar-refractivity contribution in [3.63, 3.8) is 0 Å². The molecule has 1 aromatic rings. The Morgan fingerprint density at radius 3 is 1.89 bits per heavy atom. The molecule has 0 saturated heterocycles. The van der Waals surface area contributed by atoms with Crippen LogP contribution in [0.5, 0.6) is 11.5 Å². The summed E-state index contributed by atoms with van der Waals surface area (Å²) in [6.45, 7) is 14.5. The minimum Gasteiger partial charge on any atom is -0.477 e. The van der Waals surface area contributed by atoms with Crippen LogP contribution >= 0.6 is 0 Å². The minimum absolute atomic E-state index is 0.00503. The van der Waals surface area contributed by atoms with E-state index in [2.05, 4.69) is 5.32 Å². The van der Waals surface area contributed by atoms with Gasteiger partial charge in [0.25, 0.3) is 5.72 Å². The predicted octanol–water partition coefficient (Wildman–Crippen LogP) is 7.00. The molecule has 12 nitrogen and oxygen atoms in total. The van der Waals surface area contributed by atoms with E-state index in [1.165, 1.54) is 18.2 Å². The highest BCUT2D eigenvalue weighted by atomic mass is 16.8. The van der Waals surface area contributed by atoms with Gasteiger partial charge in [-0.25, -0.2) is 19.2 Å². The SMILES string of the molecule is CCC(C)N[C@@](Cc1ccc(OC(=O)OC(C)C(C)C)c(OC(=O)OC(C)C(C)C)c1)(OC(=O)OC1CCCCC1)C(=O)O. The van der Waals surface area contributed by atoms with Gasteiger partial charge in [-0.3, -0.25) is 5.32 Å². The fraction of sp³-hybridized carbons (Fsp3) is 0.688. The first-order chi connectivity index (χ1) is 20.6. The maximum Gasteiger partial charge on any atom is 0.514 e. The average Bonchev–Trinajstić information content (AvgIpc) is 2.94.